The largest absolute Gasteiger partial charge is 0.460 e. The molecular formula is C15H17BrO5. The summed E-state index contributed by atoms with van der Waals surface area (Å²) in [6.07, 6.45) is 0.0449. The van der Waals surface area contributed by atoms with E-state index >= 15 is 0 Å². The van der Waals surface area contributed by atoms with Crippen LogP contribution in [-0.2, 0) is 19.7 Å². The van der Waals surface area contributed by atoms with Gasteiger partial charge in [-0.15, -0.1) is 0 Å². The van der Waals surface area contributed by atoms with Gasteiger partial charge in [0, 0.05) is 17.4 Å². The Balaban J connectivity index is 2.26. The van der Waals surface area contributed by atoms with Crippen LogP contribution in [0.25, 0.3) is 0 Å². The van der Waals surface area contributed by atoms with Crippen LogP contribution in [0.4, 0.5) is 0 Å². The van der Waals surface area contributed by atoms with Gasteiger partial charge in [0.15, 0.2) is 11.5 Å². The second-order valence-electron chi connectivity index (χ2n) is 5.36. The number of benzene rings is 1. The normalized spacial score (nSPS) is 13.1. The minimum absolute atomic E-state index is 0.0449. The molecule has 5 nitrogen and oxygen atoms in total. The van der Waals surface area contributed by atoms with E-state index in [0.29, 0.717) is 11.5 Å². The number of Topliss-reactive ketones (excluding diaryl/α,β-unsaturated/α-hetero) is 1. The molecule has 0 aliphatic carbocycles. The number of ether oxygens (including phenoxy) is 3. The molecule has 0 unspecified atom stereocenters. The molecule has 6 heteroatoms. The van der Waals surface area contributed by atoms with Gasteiger partial charge in [-0.1, -0.05) is 19.9 Å². The summed E-state index contributed by atoms with van der Waals surface area (Å²) in [4.78, 5) is 23.4. The zero-order chi connectivity index (χ0) is 15.6. The third kappa shape index (κ3) is 3.20. The molecular weight excluding hydrogens is 340 g/mol. The van der Waals surface area contributed by atoms with Gasteiger partial charge in [0.25, 0.3) is 0 Å². The van der Waals surface area contributed by atoms with Crippen LogP contribution < -0.4 is 9.47 Å². The summed E-state index contributed by atoms with van der Waals surface area (Å²) < 4.78 is 16.5. The second kappa shape index (κ2) is 6.05. The van der Waals surface area contributed by atoms with E-state index in [1.807, 2.05) is 26.0 Å². The highest BCUT2D eigenvalue weighted by molar-refractivity contribution is 9.10. The van der Waals surface area contributed by atoms with Crippen molar-refractivity contribution in [1.82, 2.24) is 0 Å². The van der Waals surface area contributed by atoms with Gasteiger partial charge in [-0.2, -0.15) is 0 Å². The minimum Gasteiger partial charge on any atom is -0.460 e. The number of carbonyl (C=O) groups excluding carboxylic acids is 2. The molecule has 1 aliphatic heterocycles. The summed E-state index contributed by atoms with van der Waals surface area (Å²) in [7, 11) is 0. The average Bonchev–Trinajstić information content (AvgIpc) is 2.88. The van der Waals surface area contributed by atoms with Gasteiger partial charge in [-0.05, 0) is 28.9 Å². The lowest BCUT2D eigenvalue weighted by Crippen LogP contribution is -2.28. The van der Waals surface area contributed by atoms with Crippen LogP contribution in [0.1, 0.15) is 32.8 Å². The fourth-order valence-electron chi connectivity index (χ4n) is 2.28. The molecule has 1 aromatic carbocycles. The standard InChI is InChI=1S/C15H17BrO5/c1-4-19-14(18)11(17)7-15(2,3)9-5-6-10(16)13-12(9)20-8-21-13/h5-6H,4,7-8H2,1-3H3. The summed E-state index contributed by atoms with van der Waals surface area (Å²) in [6, 6.07) is 3.72. The highest BCUT2D eigenvalue weighted by Crippen LogP contribution is 2.46. The summed E-state index contributed by atoms with van der Waals surface area (Å²) in [5.74, 6) is -0.0934. The maximum Gasteiger partial charge on any atom is 0.374 e. The Bertz CT molecular complexity index is 580. The van der Waals surface area contributed by atoms with Gasteiger partial charge < -0.3 is 14.2 Å². The molecule has 2 rings (SSSR count). The number of rotatable bonds is 5. The molecule has 0 aromatic heterocycles. The van der Waals surface area contributed by atoms with Crippen molar-refractivity contribution in [2.75, 3.05) is 13.4 Å². The molecule has 1 aliphatic rings. The Labute approximate surface area is 131 Å². The van der Waals surface area contributed by atoms with Gasteiger partial charge in [0.05, 0.1) is 11.1 Å². The average molecular weight is 357 g/mol. The van der Waals surface area contributed by atoms with Crippen LogP contribution in [0.2, 0.25) is 0 Å². The number of esters is 1. The number of ketones is 1. The van der Waals surface area contributed by atoms with Crippen molar-refractivity contribution in [3.05, 3.63) is 22.2 Å². The molecule has 0 amide bonds. The summed E-state index contributed by atoms with van der Waals surface area (Å²) in [6.45, 7) is 5.77. The van der Waals surface area contributed by atoms with Crippen molar-refractivity contribution < 1.29 is 23.8 Å². The maximum atomic E-state index is 11.9. The van der Waals surface area contributed by atoms with Crippen LogP contribution in [0, 0.1) is 0 Å². The molecule has 0 N–H and O–H groups in total. The molecule has 0 saturated carbocycles. The predicted molar refractivity (Wildman–Crippen MR) is 79.5 cm³/mol. The van der Waals surface area contributed by atoms with Gasteiger partial charge in [-0.25, -0.2) is 4.79 Å². The molecule has 1 aromatic rings. The first-order chi connectivity index (χ1) is 9.86. The maximum absolute atomic E-state index is 11.9. The van der Waals surface area contributed by atoms with E-state index in [1.54, 1.807) is 6.92 Å². The lowest BCUT2D eigenvalue weighted by molar-refractivity contribution is -0.154. The third-order valence-electron chi connectivity index (χ3n) is 3.31. The molecule has 1 heterocycles. The van der Waals surface area contributed by atoms with Crippen LogP contribution in [-0.4, -0.2) is 25.2 Å². The van der Waals surface area contributed by atoms with E-state index < -0.39 is 17.2 Å². The second-order valence-corrected chi connectivity index (χ2v) is 6.22. The molecule has 0 fully saturated rings. The summed E-state index contributed by atoms with van der Waals surface area (Å²) in [5, 5.41) is 0. The number of fused-ring (bicyclic) bond motifs is 1. The van der Waals surface area contributed by atoms with Crippen LogP contribution in [0.3, 0.4) is 0 Å². The van der Waals surface area contributed by atoms with E-state index in [2.05, 4.69) is 15.9 Å². The summed E-state index contributed by atoms with van der Waals surface area (Å²) in [5.41, 5.74) is 0.262. The first-order valence-electron chi connectivity index (χ1n) is 6.65. The van der Waals surface area contributed by atoms with Crippen molar-refractivity contribution in [3.8, 4) is 11.5 Å². The Morgan fingerprint density at radius 3 is 2.62 bits per heavy atom. The van der Waals surface area contributed by atoms with E-state index in [9.17, 15) is 9.59 Å². The molecule has 114 valence electrons. The monoisotopic (exact) mass is 356 g/mol. The molecule has 21 heavy (non-hydrogen) atoms. The molecule has 0 radical (unpaired) electrons. The van der Waals surface area contributed by atoms with Crippen LogP contribution in [0.5, 0.6) is 11.5 Å². The minimum atomic E-state index is -0.795. The first-order valence-corrected chi connectivity index (χ1v) is 7.44. The molecule has 0 bridgehead atoms. The van der Waals surface area contributed by atoms with Crippen molar-refractivity contribution in [2.24, 2.45) is 0 Å². The highest BCUT2D eigenvalue weighted by Gasteiger charge is 2.34. The quantitative estimate of drug-likeness (QED) is 0.599. The van der Waals surface area contributed by atoms with Crippen LogP contribution >= 0.6 is 15.9 Å². The highest BCUT2D eigenvalue weighted by atomic mass is 79.9. The van der Waals surface area contributed by atoms with E-state index in [-0.39, 0.29) is 19.8 Å². The van der Waals surface area contributed by atoms with Gasteiger partial charge in [0.1, 0.15) is 0 Å². The van der Waals surface area contributed by atoms with E-state index in [1.165, 1.54) is 0 Å². The van der Waals surface area contributed by atoms with Gasteiger partial charge in [-0.3, -0.25) is 4.79 Å². The smallest absolute Gasteiger partial charge is 0.374 e. The zero-order valence-corrected chi connectivity index (χ0v) is 13.8. The van der Waals surface area contributed by atoms with Crippen molar-refractivity contribution >= 4 is 27.7 Å². The Kier molecular flexibility index (Phi) is 4.56. The van der Waals surface area contributed by atoms with Crippen molar-refractivity contribution in [3.63, 3.8) is 0 Å². The lowest BCUT2D eigenvalue weighted by atomic mass is 9.79. The van der Waals surface area contributed by atoms with E-state index in [4.69, 9.17) is 14.2 Å². The fraction of sp³-hybridized carbons (Fsp3) is 0.467. The summed E-state index contributed by atoms with van der Waals surface area (Å²) >= 11 is 3.40. The molecule has 0 atom stereocenters. The predicted octanol–water partition coefficient (Wildman–Crippen LogP) is 2.98. The third-order valence-corrected chi connectivity index (χ3v) is 3.93. The topological polar surface area (TPSA) is 61.8 Å². The zero-order valence-electron chi connectivity index (χ0n) is 12.2. The van der Waals surface area contributed by atoms with Crippen LogP contribution in [0.15, 0.2) is 16.6 Å². The Morgan fingerprint density at radius 2 is 1.95 bits per heavy atom. The number of hydrogen-bond acceptors (Lipinski definition) is 5. The van der Waals surface area contributed by atoms with Crippen molar-refractivity contribution in [1.29, 1.82) is 0 Å². The molecule has 0 saturated heterocycles. The lowest BCUT2D eigenvalue weighted by Gasteiger charge is -2.25. The Hall–Kier alpha value is -1.56. The van der Waals surface area contributed by atoms with Gasteiger partial charge >= 0.3 is 5.97 Å². The Morgan fingerprint density at radius 1 is 1.29 bits per heavy atom. The SMILES string of the molecule is CCOC(=O)C(=O)CC(C)(C)c1ccc(Br)c2c1OCO2. The number of hydrogen-bond donors (Lipinski definition) is 0. The van der Waals surface area contributed by atoms with E-state index in [0.717, 1.165) is 10.0 Å². The van der Waals surface area contributed by atoms with Gasteiger partial charge in [0.2, 0.25) is 12.6 Å². The molecule has 0 spiro atoms. The van der Waals surface area contributed by atoms with Crippen molar-refractivity contribution in [2.45, 2.75) is 32.6 Å². The first kappa shape index (κ1) is 15.8. The fourth-order valence-corrected chi connectivity index (χ4v) is 2.70. The number of halogens is 1. The number of carbonyl (C=O) groups is 2.